The van der Waals surface area contributed by atoms with Gasteiger partial charge in [0, 0.05) is 11.8 Å². The Labute approximate surface area is 129 Å². The van der Waals surface area contributed by atoms with Gasteiger partial charge in [-0.25, -0.2) is 0 Å². The van der Waals surface area contributed by atoms with Gasteiger partial charge in [0.05, 0.1) is 12.9 Å². The highest BCUT2D eigenvalue weighted by atomic mass is 16.7. The molecule has 1 fully saturated rings. The van der Waals surface area contributed by atoms with Gasteiger partial charge in [-0.1, -0.05) is 18.2 Å². The first-order chi connectivity index (χ1) is 10.9. The van der Waals surface area contributed by atoms with Crippen LogP contribution < -0.4 is 4.74 Å². The SMILES string of the molecule is c1cc2cc(-c3ccc(OC4CCCCO4)cc3)ccc2o1. The fraction of sp³-hybridized carbons (Fsp3) is 0.263. The Kier molecular flexibility index (Phi) is 3.57. The highest BCUT2D eigenvalue weighted by molar-refractivity contribution is 5.83. The van der Waals surface area contributed by atoms with Gasteiger partial charge in [0.25, 0.3) is 0 Å². The van der Waals surface area contributed by atoms with Crippen molar-refractivity contribution in [3.8, 4) is 16.9 Å². The molecule has 1 unspecified atom stereocenters. The number of fused-ring (bicyclic) bond motifs is 1. The smallest absolute Gasteiger partial charge is 0.199 e. The van der Waals surface area contributed by atoms with E-state index in [1.165, 1.54) is 17.5 Å². The zero-order valence-electron chi connectivity index (χ0n) is 12.3. The minimum Gasteiger partial charge on any atom is -0.465 e. The Bertz CT molecular complexity index is 752. The number of ether oxygens (including phenoxy) is 2. The molecule has 3 nitrogen and oxygen atoms in total. The molecule has 3 aromatic rings. The van der Waals surface area contributed by atoms with Crippen LogP contribution in [0.25, 0.3) is 22.1 Å². The minimum absolute atomic E-state index is 0.0955. The first kappa shape index (κ1) is 13.4. The van der Waals surface area contributed by atoms with E-state index in [9.17, 15) is 0 Å². The average Bonchev–Trinajstić information content (AvgIpc) is 3.04. The second kappa shape index (κ2) is 5.85. The van der Waals surface area contributed by atoms with E-state index in [2.05, 4.69) is 24.3 Å². The Morgan fingerprint density at radius 3 is 2.59 bits per heavy atom. The fourth-order valence-corrected chi connectivity index (χ4v) is 2.83. The fourth-order valence-electron chi connectivity index (χ4n) is 2.83. The summed E-state index contributed by atoms with van der Waals surface area (Å²) in [6.45, 7) is 0.799. The molecule has 1 aliphatic rings. The summed E-state index contributed by atoms with van der Waals surface area (Å²) in [5, 5.41) is 1.12. The molecule has 2 aromatic carbocycles. The summed E-state index contributed by atoms with van der Waals surface area (Å²) >= 11 is 0. The largest absolute Gasteiger partial charge is 0.465 e. The van der Waals surface area contributed by atoms with E-state index in [0.29, 0.717) is 0 Å². The Hall–Kier alpha value is -2.26. The molecular formula is C19H18O3. The molecule has 112 valence electrons. The summed E-state index contributed by atoms with van der Waals surface area (Å²) in [5.41, 5.74) is 3.26. The first-order valence-corrected chi connectivity index (χ1v) is 7.74. The molecule has 4 rings (SSSR count). The molecule has 1 aromatic heterocycles. The predicted octanol–water partition coefficient (Wildman–Crippen LogP) is 5.01. The molecular weight excluding hydrogens is 276 g/mol. The van der Waals surface area contributed by atoms with Crippen LogP contribution in [-0.4, -0.2) is 12.9 Å². The van der Waals surface area contributed by atoms with E-state index in [1.54, 1.807) is 6.26 Å². The highest BCUT2D eigenvalue weighted by Gasteiger charge is 2.15. The van der Waals surface area contributed by atoms with Crippen molar-refractivity contribution in [3.63, 3.8) is 0 Å². The Morgan fingerprint density at radius 1 is 0.909 bits per heavy atom. The topological polar surface area (TPSA) is 31.6 Å². The third kappa shape index (κ3) is 2.72. The lowest BCUT2D eigenvalue weighted by Gasteiger charge is -2.23. The van der Waals surface area contributed by atoms with Crippen molar-refractivity contribution >= 4 is 11.0 Å². The third-order valence-corrected chi connectivity index (χ3v) is 4.05. The summed E-state index contributed by atoms with van der Waals surface area (Å²) < 4.78 is 16.8. The molecule has 1 atom stereocenters. The zero-order valence-corrected chi connectivity index (χ0v) is 12.3. The molecule has 2 heterocycles. The standard InChI is InChI=1S/C19H18O3/c1-2-11-21-19(3-1)22-17-7-4-14(5-8-17)15-6-9-18-16(13-15)10-12-20-18/h4-10,12-13,19H,1-3,11H2. The maximum atomic E-state index is 5.87. The van der Waals surface area contributed by atoms with Crippen LogP contribution in [0.1, 0.15) is 19.3 Å². The van der Waals surface area contributed by atoms with E-state index < -0.39 is 0 Å². The Balaban J connectivity index is 1.53. The number of hydrogen-bond acceptors (Lipinski definition) is 3. The maximum Gasteiger partial charge on any atom is 0.199 e. The van der Waals surface area contributed by atoms with Crippen LogP contribution in [0, 0.1) is 0 Å². The van der Waals surface area contributed by atoms with Crippen molar-refractivity contribution in [3.05, 3.63) is 54.8 Å². The molecule has 0 aliphatic carbocycles. The molecule has 3 heteroatoms. The number of hydrogen-bond donors (Lipinski definition) is 0. The molecule has 0 amide bonds. The summed E-state index contributed by atoms with van der Waals surface area (Å²) in [7, 11) is 0. The monoisotopic (exact) mass is 294 g/mol. The van der Waals surface area contributed by atoms with Crippen LogP contribution in [0.2, 0.25) is 0 Å². The van der Waals surface area contributed by atoms with Crippen LogP contribution in [0.4, 0.5) is 0 Å². The molecule has 0 spiro atoms. The lowest BCUT2D eigenvalue weighted by atomic mass is 10.0. The van der Waals surface area contributed by atoms with Crippen LogP contribution >= 0.6 is 0 Å². The van der Waals surface area contributed by atoms with Crippen LogP contribution in [0.5, 0.6) is 5.75 Å². The van der Waals surface area contributed by atoms with Crippen molar-refractivity contribution in [2.24, 2.45) is 0 Å². The van der Waals surface area contributed by atoms with E-state index >= 15 is 0 Å². The predicted molar refractivity (Wildman–Crippen MR) is 85.9 cm³/mol. The molecule has 22 heavy (non-hydrogen) atoms. The Morgan fingerprint density at radius 2 is 1.77 bits per heavy atom. The van der Waals surface area contributed by atoms with E-state index in [0.717, 1.165) is 36.2 Å². The van der Waals surface area contributed by atoms with Gasteiger partial charge >= 0.3 is 0 Å². The molecule has 1 saturated heterocycles. The van der Waals surface area contributed by atoms with Crippen molar-refractivity contribution in [2.45, 2.75) is 25.6 Å². The maximum absolute atomic E-state index is 5.87. The lowest BCUT2D eigenvalue weighted by molar-refractivity contribution is -0.105. The zero-order chi connectivity index (χ0) is 14.8. The summed E-state index contributed by atoms with van der Waals surface area (Å²) in [6.07, 6.45) is 4.90. The quantitative estimate of drug-likeness (QED) is 0.681. The first-order valence-electron chi connectivity index (χ1n) is 7.74. The summed E-state index contributed by atoms with van der Waals surface area (Å²) in [4.78, 5) is 0. The molecule has 1 aliphatic heterocycles. The number of benzene rings is 2. The summed E-state index contributed by atoms with van der Waals surface area (Å²) in [5.74, 6) is 0.861. The van der Waals surface area contributed by atoms with Gasteiger partial charge in [-0.2, -0.15) is 0 Å². The summed E-state index contributed by atoms with van der Waals surface area (Å²) in [6, 6.07) is 16.4. The van der Waals surface area contributed by atoms with Gasteiger partial charge in [-0.15, -0.1) is 0 Å². The highest BCUT2D eigenvalue weighted by Crippen LogP contribution is 2.27. The molecule has 0 radical (unpaired) electrons. The van der Waals surface area contributed by atoms with E-state index in [4.69, 9.17) is 13.9 Å². The van der Waals surface area contributed by atoms with Crippen LogP contribution in [0.15, 0.2) is 59.2 Å². The van der Waals surface area contributed by atoms with Crippen LogP contribution in [-0.2, 0) is 4.74 Å². The molecule has 0 bridgehead atoms. The van der Waals surface area contributed by atoms with Crippen molar-refractivity contribution < 1.29 is 13.9 Å². The average molecular weight is 294 g/mol. The molecule has 0 saturated carbocycles. The second-order valence-corrected chi connectivity index (χ2v) is 5.61. The number of rotatable bonds is 3. The number of furan rings is 1. The van der Waals surface area contributed by atoms with Crippen LogP contribution in [0.3, 0.4) is 0 Å². The van der Waals surface area contributed by atoms with Gasteiger partial charge in [0.2, 0.25) is 0 Å². The second-order valence-electron chi connectivity index (χ2n) is 5.61. The van der Waals surface area contributed by atoms with Crippen molar-refractivity contribution in [1.29, 1.82) is 0 Å². The van der Waals surface area contributed by atoms with Gasteiger partial charge in [-0.3, -0.25) is 0 Å². The van der Waals surface area contributed by atoms with Gasteiger partial charge in [0.1, 0.15) is 11.3 Å². The molecule has 0 N–H and O–H groups in total. The lowest BCUT2D eigenvalue weighted by Crippen LogP contribution is -2.24. The van der Waals surface area contributed by atoms with Crippen molar-refractivity contribution in [1.82, 2.24) is 0 Å². The normalized spacial score (nSPS) is 18.5. The van der Waals surface area contributed by atoms with Gasteiger partial charge in [0.15, 0.2) is 6.29 Å². The van der Waals surface area contributed by atoms with Crippen molar-refractivity contribution in [2.75, 3.05) is 6.61 Å². The van der Waals surface area contributed by atoms with Gasteiger partial charge < -0.3 is 13.9 Å². The third-order valence-electron chi connectivity index (χ3n) is 4.05. The van der Waals surface area contributed by atoms with Gasteiger partial charge in [-0.05, 0) is 54.3 Å². The van der Waals surface area contributed by atoms with E-state index in [-0.39, 0.29) is 6.29 Å². The van der Waals surface area contributed by atoms with E-state index in [1.807, 2.05) is 24.3 Å². The minimum atomic E-state index is -0.0955.